The number of hydrogen-bond acceptors (Lipinski definition) is 2. The van der Waals surface area contributed by atoms with Crippen LogP contribution >= 0.6 is 0 Å². The molecule has 4 aliphatic rings. The summed E-state index contributed by atoms with van der Waals surface area (Å²) in [6.45, 7) is 8.77. The molecule has 3 aliphatic carbocycles. The second-order valence-corrected chi connectivity index (χ2v) is 7.28. The molecule has 0 amide bonds. The minimum atomic E-state index is -0.128. The lowest BCUT2D eigenvalue weighted by atomic mass is 9.60. The summed E-state index contributed by atoms with van der Waals surface area (Å²) < 4.78 is 5.68. The van der Waals surface area contributed by atoms with E-state index in [1.807, 2.05) is 0 Å². The van der Waals surface area contributed by atoms with Gasteiger partial charge in [0, 0.05) is 17.4 Å². The topological polar surface area (TPSA) is 26.3 Å². The number of ether oxygens (including phenoxy) is 1. The Balaban J connectivity index is 1.77. The fourth-order valence-corrected chi connectivity index (χ4v) is 5.43. The Labute approximate surface area is 102 Å². The molecule has 0 aromatic carbocycles. The fraction of sp³-hybridized carbons (Fsp3) is 0.800. The van der Waals surface area contributed by atoms with Crippen molar-refractivity contribution in [2.24, 2.45) is 28.6 Å². The third-order valence-electron chi connectivity index (χ3n) is 6.34. The Morgan fingerprint density at radius 1 is 1.35 bits per heavy atom. The molecule has 0 radical (unpaired) electrons. The molecular formula is C15H20O2. The van der Waals surface area contributed by atoms with Gasteiger partial charge in [0.2, 0.25) is 0 Å². The van der Waals surface area contributed by atoms with Crippen LogP contribution in [0.5, 0.6) is 0 Å². The molecule has 1 unspecified atom stereocenters. The van der Waals surface area contributed by atoms with Gasteiger partial charge in [-0.15, -0.1) is 0 Å². The molecule has 17 heavy (non-hydrogen) atoms. The van der Waals surface area contributed by atoms with Crippen LogP contribution in [-0.4, -0.2) is 12.1 Å². The summed E-state index contributed by atoms with van der Waals surface area (Å²) in [6.07, 6.45) is 5.19. The average molecular weight is 232 g/mol. The number of carbonyl (C=O) groups is 1. The number of hydrogen-bond donors (Lipinski definition) is 0. The van der Waals surface area contributed by atoms with Gasteiger partial charge in [0.1, 0.15) is 6.10 Å². The van der Waals surface area contributed by atoms with Crippen LogP contribution in [0.25, 0.3) is 0 Å². The summed E-state index contributed by atoms with van der Waals surface area (Å²) in [5, 5.41) is 0. The van der Waals surface area contributed by atoms with Gasteiger partial charge in [-0.25, -0.2) is 4.79 Å². The molecule has 0 aromatic heterocycles. The van der Waals surface area contributed by atoms with Crippen molar-refractivity contribution in [2.45, 2.75) is 45.6 Å². The van der Waals surface area contributed by atoms with E-state index in [0.717, 1.165) is 17.9 Å². The molecule has 6 atom stereocenters. The molecule has 4 rings (SSSR count). The smallest absolute Gasteiger partial charge is 0.334 e. The van der Waals surface area contributed by atoms with Crippen LogP contribution in [0.15, 0.2) is 12.2 Å². The first-order valence-electron chi connectivity index (χ1n) is 6.85. The molecule has 1 heterocycles. The van der Waals surface area contributed by atoms with E-state index in [-0.39, 0.29) is 12.1 Å². The number of carbonyl (C=O) groups excluding carboxylic acids is 1. The third-order valence-corrected chi connectivity index (χ3v) is 6.34. The zero-order valence-corrected chi connectivity index (χ0v) is 10.7. The molecule has 3 saturated carbocycles. The van der Waals surface area contributed by atoms with Crippen molar-refractivity contribution in [3.8, 4) is 0 Å². The first-order valence-corrected chi connectivity index (χ1v) is 6.85. The van der Waals surface area contributed by atoms with Gasteiger partial charge in [-0.1, -0.05) is 20.4 Å². The molecule has 1 saturated heterocycles. The predicted molar refractivity (Wildman–Crippen MR) is 64.2 cm³/mol. The van der Waals surface area contributed by atoms with E-state index in [2.05, 4.69) is 20.4 Å². The van der Waals surface area contributed by atoms with Crippen LogP contribution in [-0.2, 0) is 9.53 Å². The molecule has 1 aliphatic heterocycles. The summed E-state index contributed by atoms with van der Waals surface area (Å²) in [4.78, 5) is 11.7. The summed E-state index contributed by atoms with van der Waals surface area (Å²) in [5.41, 5.74) is 1.62. The minimum Gasteiger partial charge on any atom is -0.458 e. The summed E-state index contributed by atoms with van der Waals surface area (Å²) >= 11 is 0. The SMILES string of the molecule is C=C1C(=O)OC2[C@H]1CC[C@]1(C)C[C@H]3C[C@]3(C)[C@@H]21. The highest BCUT2D eigenvalue weighted by Gasteiger charge is 2.72. The first-order chi connectivity index (χ1) is 7.96. The Bertz CT molecular complexity index is 440. The van der Waals surface area contributed by atoms with Gasteiger partial charge in [0.05, 0.1) is 0 Å². The summed E-state index contributed by atoms with van der Waals surface area (Å²) in [6, 6.07) is 0. The predicted octanol–water partition coefficient (Wildman–Crippen LogP) is 2.93. The molecule has 2 nitrogen and oxygen atoms in total. The molecule has 4 fully saturated rings. The van der Waals surface area contributed by atoms with E-state index in [4.69, 9.17) is 4.74 Å². The van der Waals surface area contributed by atoms with E-state index in [1.54, 1.807) is 0 Å². The molecule has 0 bridgehead atoms. The number of fused-ring (bicyclic) bond motifs is 5. The number of esters is 1. The lowest BCUT2D eigenvalue weighted by molar-refractivity contribution is -0.147. The third kappa shape index (κ3) is 1.01. The molecule has 0 N–H and O–H groups in total. The van der Waals surface area contributed by atoms with E-state index in [9.17, 15) is 4.79 Å². The van der Waals surface area contributed by atoms with Crippen LogP contribution in [0, 0.1) is 28.6 Å². The zero-order valence-electron chi connectivity index (χ0n) is 10.7. The lowest BCUT2D eigenvalue weighted by Crippen LogP contribution is -2.45. The summed E-state index contributed by atoms with van der Waals surface area (Å²) in [5.74, 6) is 1.67. The van der Waals surface area contributed by atoms with E-state index < -0.39 is 0 Å². The van der Waals surface area contributed by atoms with Gasteiger partial charge in [0.25, 0.3) is 0 Å². The zero-order chi connectivity index (χ0) is 12.0. The lowest BCUT2D eigenvalue weighted by Gasteiger charge is -2.46. The summed E-state index contributed by atoms with van der Waals surface area (Å²) in [7, 11) is 0. The van der Waals surface area contributed by atoms with Gasteiger partial charge in [-0.05, 0) is 42.4 Å². The maximum absolute atomic E-state index is 11.7. The van der Waals surface area contributed by atoms with Crippen LogP contribution in [0.4, 0.5) is 0 Å². The Hall–Kier alpha value is -0.790. The van der Waals surface area contributed by atoms with Crippen molar-refractivity contribution in [1.82, 2.24) is 0 Å². The van der Waals surface area contributed by atoms with Gasteiger partial charge in [0.15, 0.2) is 0 Å². The van der Waals surface area contributed by atoms with Crippen molar-refractivity contribution in [3.05, 3.63) is 12.2 Å². The molecule has 0 aromatic rings. The van der Waals surface area contributed by atoms with Crippen molar-refractivity contribution in [1.29, 1.82) is 0 Å². The van der Waals surface area contributed by atoms with Crippen LogP contribution in [0.2, 0.25) is 0 Å². The first kappa shape index (κ1) is 10.2. The van der Waals surface area contributed by atoms with Crippen LogP contribution < -0.4 is 0 Å². The Kier molecular flexibility index (Phi) is 1.57. The fourth-order valence-electron chi connectivity index (χ4n) is 5.43. The number of rotatable bonds is 0. The Morgan fingerprint density at radius 3 is 2.88 bits per heavy atom. The average Bonchev–Trinajstić information content (AvgIpc) is 2.68. The molecule has 0 spiro atoms. The monoisotopic (exact) mass is 232 g/mol. The molecule has 2 heteroatoms. The van der Waals surface area contributed by atoms with Gasteiger partial charge in [-0.2, -0.15) is 0 Å². The maximum atomic E-state index is 11.7. The minimum absolute atomic E-state index is 0.128. The molecular weight excluding hydrogens is 212 g/mol. The van der Waals surface area contributed by atoms with Crippen molar-refractivity contribution >= 4 is 5.97 Å². The van der Waals surface area contributed by atoms with E-state index >= 15 is 0 Å². The quantitative estimate of drug-likeness (QED) is 0.474. The van der Waals surface area contributed by atoms with Gasteiger partial charge in [-0.3, -0.25) is 0 Å². The van der Waals surface area contributed by atoms with Gasteiger partial charge < -0.3 is 4.74 Å². The largest absolute Gasteiger partial charge is 0.458 e. The van der Waals surface area contributed by atoms with Crippen LogP contribution in [0.1, 0.15) is 39.5 Å². The standard InChI is InChI=1S/C15H20O2/c1-8-10-4-5-14(2)6-9-7-15(9,3)12(14)11(10)17-13(8)16/h9-12H,1,4-7H2,2-3H3/t9-,10-,11?,12-,14+,15-/m0/s1. The van der Waals surface area contributed by atoms with E-state index in [1.165, 1.54) is 19.3 Å². The molecule has 92 valence electrons. The normalized spacial score (nSPS) is 59.4. The van der Waals surface area contributed by atoms with Crippen molar-refractivity contribution in [2.75, 3.05) is 0 Å². The van der Waals surface area contributed by atoms with Crippen molar-refractivity contribution in [3.63, 3.8) is 0 Å². The highest BCUT2D eigenvalue weighted by atomic mass is 16.6. The highest BCUT2D eigenvalue weighted by Crippen LogP contribution is 2.76. The maximum Gasteiger partial charge on any atom is 0.334 e. The van der Waals surface area contributed by atoms with E-state index in [0.29, 0.717) is 22.7 Å². The van der Waals surface area contributed by atoms with Gasteiger partial charge >= 0.3 is 5.97 Å². The highest BCUT2D eigenvalue weighted by molar-refractivity contribution is 5.91. The second kappa shape index (κ2) is 2.62. The Morgan fingerprint density at radius 2 is 2.12 bits per heavy atom. The van der Waals surface area contributed by atoms with Crippen molar-refractivity contribution < 1.29 is 9.53 Å². The van der Waals surface area contributed by atoms with Crippen LogP contribution in [0.3, 0.4) is 0 Å². The second-order valence-electron chi connectivity index (χ2n) is 7.28.